The summed E-state index contributed by atoms with van der Waals surface area (Å²) < 4.78 is 42.4. The van der Waals surface area contributed by atoms with E-state index in [2.05, 4.69) is 14.5 Å². The number of nitrogen functional groups attached to an aromatic ring is 1. The molecule has 0 aliphatic heterocycles. The molecule has 1 heterocycles. The van der Waals surface area contributed by atoms with E-state index in [1.165, 1.54) is 18.0 Å². The SMILES string of the molecule is C/C(=C(\CCOP(=O)(O)O)SC(=O)/C=C/c1ccc(F)cc1F)N(C=O)Cc1cnc(C)nc1N. The van der Waals surface area contributed by atoms with E-state index in [9.17, 15) is 22.9 Å². The van der Waals surface area contributed by atoms with Crippen LogP contribution in [-0.4, -0.2) is 42.8 Å². The number of allylic oxidation sites excluding steroid dienone is 1. The summed E-state index contributed by atoms with van der Waals surface area (Å²) in [4.78, 5) is 51.8. The molecule has 2 rings (SSSR count). The summed E-state index contributed by atoms with van der Waals surface area (Å²) in [6.07, 6.45) is 4.03. The molecule has 10 nitrogen and oxygen atoms in total. The first kappa shape index (κ1) is 28.3. The van der Waals surface area contributed by atoms with Gasteiger partial charge >= 0.3 is 7.82 Å². The van der Waals surface area contributed by atoms with Gasteiger partial charge in [0.2, 0.25) is 11.5 Å². The first-order valence-corrected chi connectivity index (χ1v) is 12.3. The average Bonchev–Trinajstić information content (AvgIpc) is 2.76. The van der Waals surface area contributed by atoms with E-state index >= 15 is 0 Å². The van der Waals surface area contributed by atoms with Crippen LogP contribution in [0.1, 0.15) is 30.3 Å². The number of amides is 1. The number of thioether (sulfide) groups is 1. The summed E-state index contributed by atoms with van der Waals surface area (Å²) in [7, 11) is -4.76. The van der Waals surface area contributed by atoms with E-state index in [-0.39, 0.29) is 34.9 Å². The van der Waals surface area contributed by atoms with Gasteiger partial charge in [-0.2, -0.15) is 0 Å². The van der Waals surface area contributed by atoms with Gasteiger partial charge in [0.1, 0.15) is 23.3 Å². The Bertz CT molecular complexity index is 1200. The third-order valence-electron chi connectivity index (χ3n) is 4.49. The molecule has 0 aliphatic carbocycles. The van der Waals surface area contributed by atoms with Gasteiger partial charge in [-0.15, -0.1) is 0 Å². The van der Waals surface area contributed by atoms with Crippen molar-refractivity contribution in [2.24, 2.45) is 0 Å². The van der Waals surface area contributed by atoms with Gasteiger partial charge in [-0.1, -0.05) is 0 Å². The Morgan fingerprint density at radius 1 is 1.34 bits per heavy atom. The van der Waals surface area contributed by atoms with E-state index in [1.54, 1.807) is 6.92 Å². The van der Waals surface area contributed by atoms with Gasteiger partial charge in [0.15, 0.2) is 0 Å². The third kappa shape index (κ3) is 9.30. The minimum absolute atomic E-state index is 0.0169. The predicted octanol–water partition coefficient (Wildman–Crippen LogP) is 3.31. The zero-order valence-corrected chi connectivity index (χ0v) is 20.4. The molecular formula is C21H23F2N4O6PS. The smallest absolute Gasteiger partial charge is 0.383 e. The van der Waals surface area contributed by atoms with Gasteiger partial charge in [-0.25, -0.2) is 23.3 Å². The molecule has 0 saturated carbocycles. The lowest BCUT2D eigenvalue weighted by Gasteiger charge is -2.22. The summed E-state index contributed by atoms with van der Waals surface area (Å²) in [6.45, 7) is 2.69. The molecule has 35 heavy (non-hydrogen) atoms. The van der Waals surface area contributed by atoms with Crippen LogP contribution in [-0.2, 0) is 25.2 Å². The molecule has 14 heteroatoms. The van der Waals surface area contributed by atoms with Crippen molar-refractivity contribution in [3.05, 3.63) is 69.7 Å². The van der Waals surface area contributed by atoms with E-state index < -0.39 is 31.2 Å². The molecule has 0 atom stereocenters. The Labute approximate surface area is 204 Å². The number of halogens is 2. The van der Waals surface area contributed by atoms with Gasteiger partial charge in [0.05, 0.1) is 13.2 Å². The second-order valence-corrected chi connectivity index (χ2v) is 9.40. The van der Waals surface area contributed by atoms with Gasteiger partial charge < -0.3 is 20.4 Å². The van der Waals surface area contributed by atoms with Gasteiger partial charge in [-0.3, -0.25) is 14.1 Å². The summed E-state index contributed by atoms with van der Waals surface area (Å²) >= 11 is 0.654. The Kier molecular flexibility index (Phi) is 10.2. The lowest BCUT2D eigenvalue weighted by molar-refractivity contribution is -0.117. The normalized spacial score (nSPS) is 12.5. The Balaban J connectivity index is 2.28. The molecule has 0 unspecified atom stereocenters. The molecule has 0 saturated heterocycles. The second-order valence-electron chi connectivity index (χ2n) is 7.06. The molecule has 0 fully saturated rings. The minimum Gasteiger partial charge on any atom is -0.383 e. The molecular weight excluding hydrogens is 505 g/mol. The number of aryl methyl sites for hydroxylation is 1. The highest BCUT2D eigenvalue weighted by molar-refractivity contribution is 8.17. The molecule has 1 aromatic carbocycles. The number of aromatic nitrogens is 2. The molecule has 1 aromatic heterocycles. The lowest BCUT2D eigenvalue weighted by Crippen LogP contribution is -2.22. The number of hydrogen-bond donors (Lipinski definition) is 3. The number of phosphoric acid groups is 1. The van der Waals surface area contributed by atoms with E-state index in [4.69, 9.17) is 15.5 Å². The average molecular weight is 528 g/mol. The highest BCUT2D eigenvalue weighted by Gasteiger charge is 2.19. The van der Waals surface area contributed by atoms with Crippen molar-refractivity contribution in [1.29, 1.82) is 0 Å². The molecule has 0 radical (unpaired) electrons. The van der Waals surface area contributed by atoms with Crippen LogP contribution in [0.2, 0.25) is 0 Å². The number of carbonyl (C=O) groups excluding carboxylic acids is 2. The molecule has 0 aliphatic rings. The molecule has 4 N–H and O–H groups in total. The summed E-state index contributed by atoms with van der Waals surface area (Å²) in [5, 5.41) is -0.580. The fourth-order valence-electron chi connectivity index (χ4n) is 2.73. The number of carbonyl (C=O) groups is 2. The predicted molar refractivity (Wildman–Crippen MR) is 126 cm³/mol. The zero-order valence-electron chi connectivity index (χ0n) is 18.7. The molecule has 2 aromatic rings. The number of benzene rings is 1. The van der Waals surface area contributed by atoms with E-state index in [1.807, 2.05) is 0 Å². The fraction of sp³-hybridized carbons (Fsp3) is 0.238. The molecule has 188 valence electrons. The number of anilines is 1. The van der Waals surface area contributed by atoms with Crippen LogP contribution >= 0.6 is 19.6 Å². The van der Waals surface area contributed by atoms with Gasteiger partial charge in [0, 0.05) is 40.4 Å². The largest absolute Gasteiger partial charge is 0.469 e. The molecule has 0 spiro atoms. The quantitative estimate of drug-likeness (QED) is 0.225. The summed E-state index contributed by atoms with van der Waals surface area (Å²) in [5.41, 5.74) is 6.60. The van der Waals surface area contributed by atoms with E-state index in [0.717, 1.165) is 24.3 Å². The molecule has 1 amide bonds. The maximum atomic E-state index is 13.8. The Morgan fingerprint density at radius 2 is 2.06 bits per heavy atom. The topological polar surface area (TPSA) is 156 Å². The van der Waals surface area contributed by atoms with E-state index in [0.29, 0.717) is 35.6 Å². The highest BCUT2D eigenvalue weighted by Crippen LogP contribution is 2.37. The standard InChI is InChI=1S/C21H23F2N4O6PS/c1-13(27(12-28)11-16-10-25-14(2)26-21(16)24)19(7-8-33-34(30,31)32)35-20(29)6-4-15-3-5-17(22)9-18(15)23/h3-6,9-10,12H,7-8,11H2,1-2H3,(H2,24,25,26)(H2,30,31,32)/b6-4+,19-13-. The van der Waals surface area contributed by atoms with Crippen molar-refractivity contribution in [2.45, 2.75) is 26.8 Å². The monoisotopic (exact) mass is 528 g/mol. The number of phosphoric ester groups is 1. The summed E-state index contributed by atoms with van der Waals surface area (Å²) in [6, 6.07) is 2.88. The van der Waals surface area contributed by atoms with Crippen molar-refractivity contribution >= 4 is 43.0 Å². The number of hydrogen-bond acceptors (Lipinski definition) is 8. The van der Waals surface area contributed by atoms with Crippen LogP contribution < -0.4 is 5.73 Å². The van der Waals surface area contributed by atoms with Gasteiger partial charge in [-0.05, 0) is 49.9 Å². The highest BCUT2D eigenvalue weighted by atomic mass is 32.2. The van der Waals surface area contributed by atoms with Gasteiger partial charge in [0.25, 0.3) is 0 Å². The van der Waals surface area contributed by atoms with Crippen LogP contribution in [0.25, 0.3) is 6.08 Å². The van der Waals surface area contributed by atoms with Crippen molar-refractivity contribution < 1.29 is 37.2 Å². The van der Waals surface area contributed by atoms with Crippen molar-refractivity contribution in [3.8, 4) is 0 Å². The first-order chi connectivity index (χ1) is 16.4. The number of rotatable bonds is 11. The van der Waals surface area contributed by atoms with Crippen LogP contribution in [0.3, 0.4) is 0 Å². The fourth-order valence-corrected chi connectivity index (χ4v) is 3.88. The van der Waals surface area contributed by atoms with Crippen molar-refractivity contribution in [3.63, 3.8) is 0 Å². The second kappa shape index (κ2) is 12.7. The zero-order chi connectivity index (χ0) is 26.2. The number of nitrogens with two attached hydrogens (primary N) is 1. The third-order valence-corrected chi connectivity index (χ3v) is 6.10. The maximum absolute atomic E-state index is 13.8. The lowest BCUT2D eigenvalue weighted by atomic mass is 10.2. The first-order valence-electron chi connectivity index (χ1n) is 9.94. The minimum atomic E-state index is -4.76. The number of nitrogens with zero attached hydrogens (tertiary/aromatic N) is 3. The van der Waals surface area contributed by atoms with Crippen molar-refractivity contribution in [2.75, 3.05) is 12.3 Å². The molecule has 0 bridgehead atoms. The van der Waals surface area contributed by atoms with Crippen molar-refractivity contribution in [1.82, 2.24) is 14.9 Å². The maximum Gasteiger partial charge on any atom is 0.469 e. The summed E-state index contributed by atoms with van der Waals surface area (Å²) in [5.74, 6) is -1.01. The Morgan fingerprint density at radius 3 is 2.66 bits per heavy atom. The Hall–Kier alpha value is -2.96. The van der Waals surface area contributed by atoms with Crippen LogP contribution in [0.4, 0.5) is 14.6 Å². The van der Waals surface area contributed by atoms with Crippen LogP contribution in [0.15, 0.2) is 41.1 Å². The van der Waals surface area contributed by atoms with Crippen LogP contribution in [0, 0.1) is 18.6 Å². The van der Waals surface area contributed by atoms with Crippen LogP contribution in [0.5, 0.6) is 0 Å².